The molecule has 0 amide bonds. The number of rotatable bonds is 2. The maximum atomic E-state index is 9.14. The first kappa shape index (κ1) is 12.8. The van der Waals surface area contributed by atoms with Crippen molar-refractivity contribution in [2.45, 2.75) is 26.3 Å². The van der Waals surface area contributed by atoms with Crippen LogP contribution in [0.4, 0.5) is 5.82 Å². The number of aryl methyl sites for hydroxylation is 1. The van der Waals surface area contributed by atoms with Crippen LogP contribution < -0.4 is 4.90 Å². The molecule has 0 bridgehead atoms. The Balaban J connectivity index is 2.01. The summed E-state index contributed by atoms with van der Waals surface area (Å²) >= 11 is 0. The van der Waals surface area contributed by atoms with Gasteiger partial charge in [0.15, 0.2) is 0 Å². The lowest BCUT2D eigenvalue weighted by Gasteiger charge is -2.40. The number of hydrogen-bond donors (Lipinski definition) is 0. The Labute approximate surface area is 108 Å². The SMILES string of the molecule is Cc1nccc(N2CCN(C(C)(C)C#N)CC2)n1. The smallest absolute Gasteiger partial charge is 0.132 e. The molecule has 0 saturated carbocycles. The highest BCUT2D eigenvalue weighted by Gasteiger charge is 2.29. The molecule has 2 rings (SSSR count). The van der Waals surface area contributed by atoms with E-state index < -0.39 is 0 Å². The van der Waals surface area contributed by atoms with Crippen molar-refractivity contribution in [2.24, 2.45) is 0 Å². The van der Waals surface area contributed by atoms with Gasteiger partial charge in [-0.3, -0.25) is 4.90 Å². The van der Waals surface area contributed by atoms with Crippen LogP contribution in [0.25, 0.3) is 0 Å². The van der Waals surface area contributed by atoms with Crippen molar-refractivity contribution < 1.29 is 0 Å². The summed E-state index contributed by atoms with van der Waals surface area (Å²) in [5, 5.41) is 9.14. The number of piperazine rings is 1. The molecular formula is C13H19N5. The van der Waals surface area contributed by atoms with Gasteiger partial charge >= 0.3 is 0 Å². The van der Waals surface area contributed by atoms with Crippen LogP contribution in [0.2, 0.25) is 0 Å². The number of hydrogen-bond acceptors (Lipinski definition) is 5. The van der Waals surface area contributed by atoms with Crippen LogP contribution in [0, 0.1) is 18.3 Å². The van der Waals surface area contributed by atoms with Crippen molar-refractivity contribution in [3.8, 4) is 6.07 Å². The number of nitriles is 1. The number of nitrogens with zero attached hydrogens (tertiary/aromatic N) is 5. The minimum Gasteiger partial charge on any atom is -0.354 e. The monoisotopic (exact) mass is 245 g/mol. The van der Waals surface area contributed by atoms with Gasteiger partial charge in [0.05, 0.1) is 6.07 Å². The molecule has 18 heavy (non-hydrogen) atoms. The highest BCUT2D eigenvalue weighted by Crippen LogP contribution is 2.19. The zero-order valence-electron chi connectivity index (χ0n) is 11.2. The second kappa shape index (κ2) is 4.91. The second-order valence-electron chi connectivity index (χ2n) is 5.11. The van der Waals surface area contributed by atoms with Gasteiger partial charge in [-0.2, -0.15) is 5.26 Å². The van der Waals surface area contributed by atoms with Gasteiger partial charge in [0.25, 0.3) is 0 Å². The van der Waals surface area contributed by atoms with E-state index >= 15 is 0 Å². The summed E-state index contributed by atoms with van der Waals surface area (Å²) in [5.41, 5.74) is -0.381. The predicted molar refractivity (Wildman–Crippen MR) is 70.2 cm³/mol. The van der Waals surface area contributed by atoms with Crippen LogP contribution in [0.15, 0.2) is 12.3 Å². The molecule has 0 N–H and O–H groups in total. The van der Waals surface area contributed by atoms with Crippen LogP contribution in [0.1, 0.15) is 19.7 Å². The Kier molecular flexibility index (Phi) is 3.48. The largest absolute Gasteiger partial charge is 0.354 e. The van der Waals surface area contributed by atoms with E-state index in [1.54, 1.807) is 6.20 Å². The third kappa shape index (κ3) is 2.59. The fourth-order valence-corrected chi connectivity index (χ4v) is 2.19. The average Bonchev–Trinajstić information content (AvgIpc) is 2.39. The van der Waals surface area contributed by atoms with Crippen LogP contribution >= 0.6 is 0 Å². The Hall–Kier alpha value is -1.67. The molecule has 0 aliphatic carbocycles. The van der Waals surface area contributed by atoms with Gasteiger partial charge in [-0.25, -0.2) is 9.97 Å². The van der Waals surface area contributed by atoms with Crippen molar-refractivity contribution in [3.05, 3.63) is 18.1 Å². The van der Waals surface area contributed by atoms with Gasteiger partial charge in [-0.15, -0.1) is 0 Å². The van der Waals surface area contributed by atoms with Crippen molar-refractivity contribution in [2.75, 3.05) is 31.1 Å². The lowest BCUT2D eigenvalue weighted by Crippen LogP contribution is -2.54. The lowest BCUT2D eigenvalue weighted by atomic mass is 10.0. The summed E-state index contributed by atoms with van der Waals surface area (Å²) in [4.78, 5) is 13.0. The predicted octanol–water partition coefficient (Wildman–Crippen LogP) is 1.21. The molecule has 2 heterocycles. The Bertz CT molecular complexity index is 455. The fraction of sp³-hybridized carbons (Fsp3) is 0.615. The molecule has 0 atom stereocenters. The van der Waals surface area contributed by atoms with Crippen molar-refractivity contribution >= 4 is 5.82 Å². The summed E-state index contributed by atoms with van der Waals surface area (Å²) in [5.74, 6) is 1.78. The minimum atomic E-state index is -0.381. The van der Waals surface area contributed by atoms with Crippen LogP contribution in [0.5, 0.6) is 0 Å². The van der Waals surface area contributed by atoms with Crippen molar-refractivity contribution in [1.29, 1.82) is 5.26 Å². The number of aromatic nitrogens is 2. The first-order valence-corrected chi connectivity index (χ1v) is 6.24. The van der Waals surface area contributed by atoms with Crippen LogP contribution in [-0.2, 0) is 0 Å². The van der Waals surface area contributed by atoms with E-state index in [1.807, 2.05) is 26.8 Å². The highest BCUT2D eigenvalue weighted by molar-refractivity contribution is 5.38. The van der Waals surface area contributed by atoms with Crippen LogP contribution in [0.3, 0.4) is 0 Å². The van der Waals surface area contributed by atoms with E-state index in [9.17, 15) is 0 Å². The van der Waals surface area contributed by atoms with E-state index in [4.69, 9.17) is 5.26 Å². The van der Waals surface area contributed by atoms with E-state index in [-0.39, 0.29) is 5.54 Å². The normalized spacial score (nSPS) is 17.6. The molecule has 1 aromatic rings. The zero-order chi connectivity index (χ0) is 13.2. The lowest BCUT2D eigenvalue weighted by molar-refractivity contribution is 0.157. The Morgan fingerprint density at radius 1 is 1.28 bits per heavy atom. The van der Waals surface area contributed by atoms with E-state index in [1.165, 1.54) is 0 Å². The summed E-state index contributed by atoms with van der Waals surface area (Å²) in [6.07, 6.45) is 1.79. The molecule has 0 aromatic carbocycles. The third-order valence-electron chi connectivity index (χ3n) is 3.43. The molecule has 0 radical (unpaired) electrons. The fourth-order valence-electron chi connectivity index (χ4n) is 2.19. The molecule has 5 heteroatoms. The van der Waals surface area contributed by atoms with E-state index in [0.29, 0.717) is 0 Å². The second-order valence-corrected chi connectivity index (χ2v) is 5.11. The molecule has 0 spiro atoms. The highest BCUT2D eigenvalue weighted by atomic mass is 15.3. The minimum absolute atomic E-state index is 0.381. The van der Waals surface area contributed by atoms with Gasteiger partial charge in [0.1, 0.15) is 17.2 Å². The quantitative estimate of drug-likeness (QED) is 0.784. The van der Waals surface area contributed by atoms with Gasteiger partial charge in [-0.05, 0) is 26.8 Å². The molecular weight excluding hydrogens is 226 g/mol. The average molecular weight is 245 g/mol. The van der Waals surface area contributed by atoms with Gasteiger partial charge in [-0.1, -0.05) is 0 Å². The zero-order valence-corrected chi connectivity index (χ0v) is 11.2. The molecule has 1 aliphatic heterocycles. The summed E-state index contributed by atoms with van der Waals surface area (Å²) in [6.45, 7) is 9.43. The molecule has 0 unspecified atom stereocenters. The molecule has 5 nitrogen and oxygen atoms in total. The molecule has 1 aliphatic rings. The summed E-state index contributed by atoms with van der Waals surface area (Å²) < 4.78 is 0. The molecule has 1 aromatic heterocycles. The first-order valence-electron chi connectivity index (χ1n) is 6.24. The summed E-state index contributed by atoms with van der Waals surface area (Å²) in [7, 11) is 0. The Morgan fingerprint density at radius 3 is 2.50 bits per heavy atom. The van der Waals surface area contributed by atoms with Gasteiger partial charge < -0.3 is 4.90 Å². The van der Waals surface area contributed by atoms with Crippen molar-refractivity contribution in [3.63, 3.8) is 0 Å². The van der Waals surface area contributed by atoms with Gasteiger partial charge in [0, 0.05) is 32.4 Å². The Morgan fingerprint density at radius 2 is 1.94 bits per heavy atom. The molecule has 1 fully saturated rings. The van der Waals surface area contributed by atoms with E-state index in [0.717, 1.165) is 37.8 Å². The molecule has 96 valence electrons. The van der Waals surface area contributed by atoms with Crippen LogP contribution in [-0.4, -0.2) is 46.6 Å². The number of anilines is 1. The third-order valence-corrected chi connectivity index (χ3v) is 3.43. The van der Waals surface area contributed by atoms with Gasteiger partial charge in [0.2, 0.25) is 0 Å². The molecule has 1 saturated heterocycles. The maximum Gasteiger partial charge on any atom is 0.132 e. The maximum absolute atomic E-state index is 9.14. The standard InChI is InChI=1S/C13H19N5/c1-11-15-5-4-12(16-11)17-6-8-18(9-7-17)13(2,3)10-14/h4-5H,6-9H2,1-3H3. The first-order chi connectivity index (χ1) is 8.53. The summed E-state index contributed by atoms with van der Waals surface area (Å²) in [6, 6.07) is 4.30. The topological polar surface area (TPSA) is 56.1 Å². The van der Waals surface area contributed by atoms with Crippen molar-refractivity contribution in [1.82, 2.24) is 14.9 Å². The van der Waals surface area contributed by atoms with E-state index in [2.05, 4.69) is 25.8 Å².